The summed E-state index contributed by atoms with van der Waals surface area (Å²) in [4.78, 5) is 14.0. The van der Waals surface area contributed by atoms with Crippen LogP contribution in [0.4, 0.5) is 5.69 Å². The number of hydrogen-bond donors (Lipinski definition) is 0. The number of allylic oxidation sites excluding steroid dienone is 1. The van der Waals surface area contributed by atoms with Crippen LogP contribution in [0.5, 0.6) is 11.6 Å². The molecule has 0 radical (unpaired) electrons. The van der Waals surface area contributed by atoms with Crippen molar-refractivity contribution >= 4 is 17.3 Å². The van der Waals surface area contributed by atoms with E-state index in [-0.39, 0.29) is 11.6 Å². The lowest BCUT2D eigenvalue weighted by atomic mass is 10.0. The molecule has 6 nitrogen and oxygen atoms in total. The summed E-state index contributed by atoms with van der Waals surface area (Å²) >= 11 is 0. The molecular weight excluding hydrogens is 330 g/mol. The summed E-state index contributed by atoms with van der Waals surface area (Å²) in [6, 6.07) is 21.5. The first-order valence-electron chi connectivity index (χ1n) is 7.71. The minimum atomic E-state index is -0.516. The third-order valence-corrected chi connectivity index (χ3v) is 3.55. The maximum absolute atomic E-state index is 10.6. The highest BCUT2D eigenvalue weighted by molar-refractivity contribution is 5.89. The fourth-order valence-electron chi connectivity index (χ4n) is 2.26. The van der Waals surface area contributed by atoms with Crippen LogP contribution >= 0.6 is 0 Å². The molecule has 6 heteroatoms. The first-order valence-corrected chi connectivity index (χ1v) is 7.71. The second kappa shape index (κ2) is 7.73. The van der Waals surface area contributed by atoms with Gasteiger partial charge in [0.25, 0.3) is 5.69 Å². The first-order chi connectivity index (χ1) is 12.7. The maximum Gasteiger partial charge on any atom is 0.287 e. The van der Waals surface area contributed by atoms with Crippen LogP contribution in [0.25, 0.3) is 11.6 Å². The van der Waals surface area contributed by atoms with Crippen molar-refractivity contribution in [1.82, 2.24) is 4.98 Å². The number of nitro groups is 1. The highest BCUT2D eigenvalue weighted by Crippen LogP contribution is 2.23. The van der Waals surface area contributed by atoms with E-state index >= 15 is 0 Å². The molecule has 26 heavy (non-hydrogen) atoms. The van der Waals surface area contributed by atoms with Crippen LogP contribution in [0.3, 0.4) is 0 Å². The van der Waals surface area contributed by atoms with Gasteiger partial charge in [-0.05, 0) is 29.3 Å². The number of pyridine rings is 1. The van der Waals surface area contributed by atoms with Crippen molar-refractivity contribution < 1.29 is 9.66 Å². The molecule has 0 saturated heterocycles. The van der Waals surface area contributed by atoms with Crippen LogP contribution in [-0.4, -0.2) is 9.91 Å². The number of nitrogens with zero attached hydrogens (tertiary/aromatic N) is 3. The number of benzene rings is 2. The van der Waals surface area contributed by atoms with Gasteiger partial charge < -0.3 is 4.74 Å². The molecule has 0 amide bonds. The van der Waals surface area contributed by atoms with Gasteiger partial charge in [0.15, 0.2) is 0 Å². The van der Waals surface area contributed by atoms with E-state index in [1.165, 1.54) is 12.1 Å². The van der Waals surface area contributed by atoms with Gasteiger partial charge >= 0.3 is 0 Å². The molecule has 0 atom stereocenters. The van der Waals surface area contributed by atoms with E-state index in [0.29, 0.717) is 11.3 Å². The summed E-state index contributed by atoms with van der Waals surface area (Å²) in [5.74, 6) is 0.808. The summed E-state index contributed by atoms with van der Waals surface area (Å²) in [5.41, 5.74) is 2.18. The Hall–Kier alpha value is -3.98. The Morgan fingerprint density at radius 2 is 1.81 bits per heavy atom. The number of hydrogen-bond acceptors (Lipinski definition) is 5. The number of ether oxygens (including phenoxy) is 1. The standard InChI is InChI=1S/C20H13N3O3/c21-13-17(16-4-2-1-3-5-16)12-15-6-9-19(10-7-15)26-20-11-8-18(14-22-20)23(24)25/h1-12,14H/b17-12-. The van der Waals surface area contributed by atoms with Gasteiger partial charge in [0, 0.05) is 12.1 Å². The lowest BCUT2D eigenvalue weighted by Gasteiger charge is -2.05. The zero-order valence-electron chi connectivity index (χ0n) is 13.6. The lowest BCUT2D eigenvalue weighted by Crippen LogP contribution is -1.91. The Morgan fingerprint density at radius 1 is 1.08 bits per heavy atom. The molecule has 0 saturated carbocycles. The van der Waals surface area contributed by atoms with Crippen molar-refractivity contribution in [3.05, 3.63) is 94.2 Å². The normalized spacial score (nSPS) is 10.8. The average Bonchev–Trinajstić information content (AvgIpc) is 2.68. The largest absolute Gasteiger partial charge is 0.439 e. The molecule has 0 spiro atoms. The molecule has 0 unspecified atom stereocenters. The van der Waals surface area contributed by atoms with E-state index in [9.17, 15) is 15.4 Å². The average molecular weight is 343 g/mol. The summed E-state index contributed by atoms with van der Waals surface area (Å²) in [5, 5.41) is 20.0. The third kappa shape index (κ3) is 4.10. The molecular formula is C20H13N3O3. The molecule has 0 N–H and O–H groups in total. The fourth-order valence-corrected chi connectivity index (χ4v) is 2.26. The molecule has 0 aliphatic heterocycles. The second-order valence-corrected chi connectivity index (χ2v) is 5.32. The molecule has 126 valence electrons. The Kier molecular flexibility index (Phi) is 5.01. The van der Waals surface area contributed by atoms with Crippen molar-refractivity contribution in [2.75, 3.05) is 0 Å². The van der Waals surface area contributed by atoms with Crippen molar-refractivity contribution in [2.45, 2.75) is 0 Å². The quantitative estimate of drug-likeness (QED) is 0.286. The zero-order valence-corrected chi connectivity index (χ0v) is 13.6. The predicted octanol–water partition coefficient (Wildman–Crippen LogP) is 4.85. The molecule has 0 aliphatic carbocycles. The van der Waals surface area contributed by atoms with Gasteiger partial charge in [0.1, 0.15) is 11.9 Å². The Morgan fingerprint density at radius 3 is 2.38 bits per heavy atom. The molecule has 0 fully saturated rings. The van der Waals surface area contributed by atoms with E-state index in [2.05, 4.69) is 11.1 Å². The van der Waals surface area contributed by atoms with Gasteiger partial charge in [-0.2, -0.15) is 5.26 Å². The SMILES string of the molecule is N#C/C(=C/c1ccc(Oc2ccc([N+](=O)[O-])cn2)cc1)c1ccccc1. The smallest absolute Gasteiger partial charge is 0.287 e. The summed E-state index contributed by atoms with van der Waals surface area (Å²) in [6.07, 6.45) is 2.94. The third-order valence-electron chi connectivity index (χ3n) is 3.55. The van der Waals surface area contributed by atoms with Gasteiger partial charge in [-0.1, -0.05) is 42.5 Å². The Balaban J connectivity index is 1.75. The first kappa shape index (κ1) is 16.9. The summed E-state index contributed by atoms with van der Waals surface area (Å²) in [7, 11) is 0. The highest BCUT2D eigenvalue weighted by atomic mass is 16.6. The van der Waals surface area contributed by atoms with Crippen LogP contribution in [0.1, 0.15) is 11.1 Å². The monoisotopic (exact) mass is 343 g/mol. The topological polar surface area (TPSA) is 89.0 Å². The van der Waals surface area contributed by atoms with E-state index in [0.717, 1.165) is 17.3 Å². The van der Waals surface area contributed by atoms with Crippen LogP contribution in [-0.2, 0) is 0 Å². The molecule has 1 heterocycles. The molecule has 1 aromatic heterocycles. The lowest BCUT2D eigenvalue weighted by molar-refractivity contribution is -0.385. The van der Waals surface area contributed by atoms with Gasteiger partial charge in [-0.15, -0.1) is 0 Å². The Bertz CT molecular complexity index is 974. The van der Waals surface area contributed by atoms with E-state index in [1.54, 1.807) is 18.2 Å². The van der Waals surface area contributed by atoms with Crippen molar-refractivity contribution in [3.8, 4) is 17.7 Å². The van der Waals surface area contributed by atoms with Crippen LogP contribution < -0.4 is 4.74 Å². The summed E-state index contributed by atoms with van der Waals surface area (Å²) < 4.78 is 5.56. The van der Waals surface area contributed by atoms with Crippen molar-refractivity contribution in [1.29, 1.82) is 5.26 Å². The van der Waals surface area contributed by atoms with Crippen LogP contribution in [0.2, 0.25) is 0 Å². The van der Waals surface area contributed by atoms with Gasteiger partial charge in [0.05, 0.1) is 16.6 Å². The zero-order chi connectivity index (χ0) is 18.4. The number of aromatic nitrogens is 1. The van der Waals surface area contributed by atoms with Crippen molar-refractivity contribution in [3.63, 3.8) is 0 Å². The van der Waals surface area contributed by atoms with Gasteiger partial charge in [-0.3, -0.25) is 10.1 Å². The Labute approximate surface area is 149 Å². The highest BCUT2D eigenvalue weighted by Gasteiger charge is 2.06. The van der Waals surface area contributed by atoms with Gasteiger partial charge in [-0.25, -0.2) is 4.98 Å². The van der Waals surface area contributed by atoms with Gasteiger partial charge in [0.2, 0.25) is 5.88 Å². The van der Waals surface area contributed by atoms with E-state index in [4.69, 9.17) is 4.74 Å². The molecule has 2 aromatic carbocycles. The maximum atomic E-state index is 10.6. The number of nitriles is 1. The molecule has 0 aliphatic rings. The van der Waals surface area contributed by atoms with Crippen LogP contribution in [0, 0.1) is 21.4 Å². The molecule has 3 aromatic rings. The second-order valence-electron chi connectivity index (χ2n) is 5.32. The molecule has 0 bridgehead atoms. The fraction of sp³-hybridized carbons (Fsp3) is 0. The minimum Gasteiger partial charge on any atom is -0.439 e. The predicted molar refractivity (Wildman–Crippen MR) is 97.3 cm³/mol. The van der Waals surface area contributed by atoms with Crippen molar-refractivity contribution in [2.24, 2.45) is 0 Å². The minimum absolute atomic E-state index is 0.0946. The van der Waals surface area contributed by atoms with Crippen LogP contribution in [0.15, 0.2) is 72.9 Å². The molecule has 3 rings (SSSR count). The summed E-state index contributed by atoms with van der Waals surface area (Å²) in [6.45, 7) is 0. The number of rotatable bonds is 5. The van der Waals surface area contributed by atoms with E-state index in [1.807, 2.05) is 42.5 Å². The van der Waals surface area contributed by atoms with E-state index < -0.39 is 4.92 Å².